The first kappa shape index (κ1) is 18.5. The maximum absolute atomic E-state index is 7.09. The summed E-state index contributed by atoms with van der Waals surface area (Å²) in [5.74, 6) is 0.485. The average Bonchev–Trinajstić information content (AvgIpc) is 2.83. The Morgan fingerprint density at radius 2 is 2.12 bits per heavy atom. The number of benzene rings is 1. The quantitative estimate of drug-likeness (QED) is 0.782. The topological polar surface area (TPSA) is 47.3 Å². The van der Waals surface area contributed by atoms with E-state index in [1.807, 2.05) is 19.2 Å². The molecule has 1 fully saturated rings. The molecule has 1 heterocycles. The molecule has 0 aromatic heterocycles. The van der Waals surface area contributed by atoms with Gasteiger partial charge in [-0.25, -0.2) is 0 Å². The van der Waals surface area contributed by atoms with Crippen molar-refractivity contribution in [2.75, 3.05) is 7.05 Å². The molecular weight excluding hydrogens is 328 g/mol. The van der Waals surface area contributed by atoms with E-state index in [-0.39, 0.29) is 0 Å². The molecule has 1 aromatic carbocycles. The summed E-state index contributed by atoms with van der Waals surface area (Å²) in [5, 5.41) is 3.41. The van der Waals surface area contributed by atoms with Crippen molar-refractivity contribution in [2.45, 2.75) is 51.3 Å². The maximum Gasteiger partial charge on any atom is 0.182 e. The van der Waals surface area contributed by atoms with E-state index >= 15 is 0 Å². The molecule has 1 saturated heterocycles. The minimum absolute atomic E-state index is 0.485. The van der Waals surface area contributed by atoms with Gasteiger partial charge in [-0.2, -0.15) is 0 Å². The van der Waals surface area contributed by atoms with E-state index < -0.39 is 11.3 Å². The summed E-state index contributed by atoms with van der Waals surface area (Å²) >= 11 is 1.41. The van der Waals surface area contributed by atoms with Gasteiger partial charge in [-0.3, -0.25) is 9.50 Å². The number of hydrogen-bond donors (Lipinski definition) is 2. The molecule has 0 radical (unpaired) electrons. The highest BCUT2D eigenvalue weighted by atomic mass is 32.2. The van der Waals surface area contributed by atoms with Gasteiger partial charge in [-0.05, 0) is 49.9 Å². The Balaban J connectivity index is 2.24. The predicted molar refractivity (Wildman–Crippen MR) is 107 cm³/mol. The van der Waals surface area contributed by atoms with Gasteiger partial charge in [-0.1, -0.05) is 56.4 Å². The highest BCUT2D eigenvalue weighted by molar-refractivity contribution is 7.99. The van der Waals surface area contributed by atoms with Crippen LogP contribution < -0.4 is 11.1 Å². The van der Waals surface area contributed by atoms with Crippen molar-refractivity contribution in [3.63, 3.8) is 0 Å². The van der Waals surface area contributed by atoms with Crippen molar-refractivity contribution < 1.29 is 4.18 Å². The molecule has 134 valence electrons. The number of rotatable bonds is 3. The van der Waals surface area contributed by atoms with Crippen LogP contribution in [0.2, 0.25) is 0 Å². The normalized spacial score (nSPS) is 29.7. The Hall–Kier alpha value is -1.33. The zero-order valence-corrected chi connectivity index (χ0v) is 16.6. The van der Waals surface area contributed by atoms with Gasteiger partial charge in [0.05, 0.1) is 5.54 Å². The van der Waals surface area contributed by atoms with E-state index in [0.29, 0.717) is 5.92 Å². The van der Waals surface area contributed by atoms with Crippen molar-refractivity contribution in [3.05, 3.63) is 69.7 Å². The summed E-state index contributed by atoms with van der Waals surface area (Å²) in [7, 11) is 1.92. The van der Waals surface area contributed by atoms with Crippen molar-refractivity contribution in [1.82, 2.24) is 5.32 Å². The van der Waals surface area contributed by atoms with E-state index in [2.05, 4.69) is 57.8 Å². The molecule has 1 aromatic rings. The third-order valence-electron chi connectivity index (χ3n) is 5.34. The van der Waals surface area contributed by atoms with Crippen LogP contribution in [0.5, 0.6) is 0 Å². The first-order chi connectivity index (χ1) is 11.8. The molecule has 2 aliphatic rings. The molecule has 0 amide bonds. The fourth-order valence-electron chi connectivity index (χ4n) is 3.98. The van der Waals surface area contributed by atoms with Gasteiger partial charge < -0.3 is 5.73 Å². The van der Waals surface area contributed by atoms with Crippen LogP contribution in [0.3, 0.4) is 0 Å². The molecule has 1 aliphatic heterocycles. The Morgan fingerprint density at radius 1 is 1.40 bits per heavy atom. The van der Waals surface area contributed by atoms with E-state index in [1.54, 1.807) is 0 Å². The van der Waals surface area contributed by atoms with Crippen LogP contribution in [0.1, 0.15) is 50.3 Å². The smallest absolute Gasteiger partial charge is 0.182 e. The second-order valence-corrected chi connectivity index (χ2v) is 8.20. The molecular formula is C21H28N2OS. The van der Waals surface area contributed by atoms with Crippen molar-refractivity contribution in [3.8, 4) is 0 Å². The van der Waals surface area contributed by atoms with Gasteiger partial charge in [0.2, 0.25) is 0 Å². The number of likely N-dealkylation sites (N-methyl/N-ethyl adjacent to an activating group) is 1. The number of nitrogens with one attached hydrogen (secondary N) is 1. The fourth-order valence-corrected chi connectivity index (χ4v) is 5.01. The SMILES string of the molecule is C=C/C=C1\C(=C(C)C)SOC2(NC)c3ccc(C(C)C)cc3CC12N. The Labute approximate surface area is 155 Å². The standard InChI is InChI=1S/C21H28N2OS/c1-7-8-18-19(14(4)5)25-24-21(23-6)17-10-9-15(13(2)3)11-16(17)12-20(18,21)22/h7-11,13,23H,1,12,22H2,2-6H3/b18-8+. The zero-order chi connectivity index (χ0) is 18.4. The maximum atomic E-state index is 7.09. The van der Waals surface area contributed by atoms with Crippen LogP contribution in [0, 0.1) is 0 Å². The zero-order valence-electron chi connectivity index (χ0n) is 15.8. The van der Waals surface area contributed by atoms with Crippen LogP contribution in [-0.2, 0) is 16.3 Å². The Morgan fingerprint density at radius 3 is 2.68 bits per heavy atom. The third kappa shape index (κ3) is 2.55. The minimum atomic E-state index is -0.740. The lowest BCUT2D eigenvalue weighted by Gasteiger charge is -2.48. The number of allylic oxidation sites excluding steroid dienone is 3. The van der Waals surface area contributed by atoms with Crippen molar-refractivity contribution in [1.29, 1.82) is 0 Å². The van der Waals surface area contributed by atoms with E-state index in [9.17, 15) is 0 Å². The molecule has 4 heteroatoms. The van der Waals surface area contributed by atoms with Gasteiger partial charge in [0.1, 0.15) is 0 Å². The van der Waals surface area contributed by atoms with Gasteiger partial charge in [0, 0.05) is 22.5 Å². The van der Waals surface area contributed by atoms with Gasteiger partial charge in [0.25, 0.3) is 0 Å². The summed E-state index contributed by atoms with van der Waals surface area (Å²) in [5.41, 5.74) is 11.7. The average molecular weight is 357 g/mol. The summed E-state index contributed by atoms with van der Waals surface area (Å²) in [6.07, 6.45) is 4.60. The molecule has 1 aliphatic carbocycles. The van der Waals surface area contributed by atoms with Crippen LogP contribution >= 0.6 is 12.0 Å². The lowest BCUT2D eigenvalue weighted by Crippen LogP contribution is -2.65. The van der Waals surface area contributed by atoms with Crippen molar-refractivity contribution >= 4 is 12.0 Å². The Kier molecular flexibility index (Phi) is 4.75. The summed E-state index contributed by atoms with van der Waals surface area (Å²) < 4.78 is 6.37. The number of fused-ring (bicyclic) bond motifs is 3. The number of hydrogen-bond acceptors (Lipinski definition) is 4. The number of nitrogens with two attached hydrogens (primary N) is 1. The summed E-state index contributed by atoms with van der Waals surface area (Å²) in [4.78, 5) is 1.10. The first-order valence-electron chi connectivity index (χ1n) is 8.78. The fraction of sp³-hybridized carbons (Fsp3) is 0.429. The molecule has 3 rings (SSSR count). The van der Waals surface area contributed by atoms with Crippen LogP contribution in [-0.4, -0.2) is 12.6 Å². The predicted octanol–water partition coefficient (Wildman–Crippen LogP) is 4.52. The van der Waals surface area contributed by atoms with Crippen molar-refractivity contribution in [2.24, 2.45) is 5.73 Å². The molecule has 0 saturated carbocycles. The largest absolute Gasteiger partial charge is 0.317 e. The third-order valence-corrected chi connectivity index (χ3v) is 6.47. The molecule has 0 spiro atoms. The minimum Gasteiger partial charge on any atom is -0.317 e. The van der Waals surface area contributed by atoms with E-state index in [0.717, 1.165) is 22.5 Å². The molecule has 2 atom stereocenters. The Bertz CT molecular complexity index is 776. The summed E-state index contributed by atoms with van der Waals surface area (Å²) in [6.45, 7) is 12.5. The van der Waals surface area contributed by atoms with Crippen LogP contribution in [0.25, 0.3) is 0 Å². The summed E-state index contributed by atoms with van der Waals surface area (Å²) in [6, 6.07) is 6.65. The highest BCUT2D eigenvalue weighted by Gasteiger charge is 2.62. The van der Waals surface area contributed by atoms with Gasteiger partial charge in [-0.15, -0.1) is 0 Å². The lowest BCUT2D eigenvalue weighted by molar-refractivity contribution is 0.00249. The van der Waals surface area contributed by atoms with E-state index in [1.165, 1.54) is 28.7 Å². The van der Waals surface area contributed by atoms with E-state index in [4.69, 9.17) is 9.92 Å². The lowest BCUT2D eigenvalue weighted by atomic mass is 9.79. The van der Waals surface area contributed by atoms with Gasteiger partial charge in [0.15, 0.2) is 5.72 Å². The second kappa shape index (κ2) is 6.44. The van der Waals surface area contributed by atoms with Crippen LogP contribution in [0.15, 0.2) is 53.0 Å². The monoisotopic (exact) mass is 356 g/mol. The molecule has 25 heavy (non-hydrogen) atoms. The highest BCUT2D eigenvalue weighted by Crippen LogP contribution is 2.57. The molecule has 0 bridgehead atoms. The van der Waals surface area contributed by atoms with Gasteiger partial charge >= 0.3 is 0 Å². The molecule has 3 nitrogen and oxygen atoms in total. The molecule has 3 N–H and O–H groups in total. The molecule has 2 unspecified atom stereocenters. The first-order valence-corrected chi connectivity index (χ1v) is 9.52. The van der Waals surface area contributed by atoms with Crippen LogP contribution in [0.4, 0.5) is 0 Å². The second-order valence-electron chi connectivity index (χ2n) is 7.46.